The molecule has 10 heteroatoms. The quantitative estimate of drug-likeness (QED) is 0.158. The van der Waals surface area contributed by atoms with Crippen LogP contribution in [0.3, 0.4) is 0 Å². The number of aromatic hydroxyl groups is 2. The van der Waals surface area contributed by atoms with Crippen molar-refractivity contribution in [3.63, 3.8) is 0 Å². The first-order chi connectivity index (χ1) is 17.3. The number of hydrogen-bond donors (Lipinski definition) is 4. The van der Waals surface area contributed by atoms with E-state index in [1.54, 1.807) is 36.7 Å². The van der Waals surface area contributed by atoms with Crippen molar-refractivity contribution in [3.8, 4) is 11.5 Å². The summed E-state index contributed by atoms with van der Waals surface area (Å²) in [6.07, 6.45) is 3.13. The molecule has 0 aliphatic rings. The minimum absolute atomic E-state index is 0.00427. The highest BCUT2D eigenvalue weighted by Gasteiger charge is 2.07. The number of nitrogens with one attached hydrogen (secondary N) is 2. The molecule has 0 aromatic heterocycles. The lowest BCUT2D eigenvalue weighted by Crippen LogP contribution is -2.08. The van der Waals surface area contributed by atoms with E-state index >= 15 is 0 Å². The summed E-state index contributed by atoms with van der Waals surface area (Å²) in [6, 6.07) is 21.1. The Morgan fingerprint density at radius 3 is 1.47 bits per heavy atom. The summed E-state index contributed by atoms with van der Waals surface area (Å²) >= 11 is 22.7. The number of phenolic OH excluding ortho intramolecular Hbond substituents is 2. The van der Waals surface area contributed by atoms with E-state index in [1.807, 2.05) is 36.4 Å². The first kappa shape index (κ1) is 25.5. The van der Waals surface area contributed by atoms with Crippen molar-refractivity contribution in [3.05, 3.63) is 94.0 Å². The SMILES string of the molecule is Oc1ccc(/C=N/C(=S)Nc2cccc3c(NC(=S)/N=C/c4ccc(O)c(Cl)c4)cccc23)cc1Cl. The summed E-state index contributed by atoms with van der Waals surface area (Å²) in [5.41, 5.74) is 2.95. The third-order valence-corrected chi connectivity index (χ3v) is 6.03. The summed E-state index contributed by atoms with van der Waals surface area (Å²) in [7, 11) is 0. The second-order valence-electron chi connectivity index (χ2n) is 7.50. The van der Waals surface area contributed by atoms with E-state index in [0.29, 0.717) is 11.1 Å². The van der Waals surface area contributed by atoms with Crippen LogP contribution in [0, 0.1) is 0 Å². The van der Waals surface area contributed by atoms with Crippen LogP contribution in [0.25, 0.3) is 10.8 Å². The highest BCUT2D eigenvalue weighted by atomic mass is 35.5. The van der Waals surface area contributed by atoms with Crippen LogP contribution in [0.2, 0.25) is 10.0 Å². The number of benzene rings is 4. The second kappa shape index (κ2) is 11.5. The van der Waals surface area contributed by atoms with Crippen LogP contribution in [0.1, 0.15) is 11.1 Å². The summed E-state index contributed by atoms with van der Waals surface area (Å²) in [4.78, 5) is 8.55. The minimum atomic E-state index is 0.00427. The van der Waals surface area contributed by atoms with E-state index in [-0.39, 0.29) is 31.8 Å². The molecule has 36 heavy (non-hydrogen) atoms. The Hall–Kier alpha value is -3.56. The monoisotopic (exact) mass is 552 g/mol. The van der Waals surface area contributed by atoms with Crippen molar-refractivity contribution in [1.82, 2.24) is 0 Å². The van der Waals surface area contributed by atoms with Gasteiger partial charge >= 0.3 is 0 Å². The van der Waals surface area contributed by atoms with E-state index in [0.717, 1.165) is 22.1 Å². The molecule has 0 amide bonds. The largest absolute Gasteiger partial charge is 0.506 e. The van der Waals surface area contributed by atoms with Crippen LogP contribution >= 0.6 is 47.6 Å². The standard InChI is InChI=1S/C26H18Cl2N4O2S2/c27-19-11-15(7-9-23(19)33)13-29-25(35)31-21-5-1-3-17-18(21)4-2-6-22(17)32-26(36)30-14-16-8-10-24(34)20(28)12-16/h1-14,33-34H,(H,31,35)(H,32,36)/b29-13+,30-14+. The number of hydrogen-bond acceptors (Lipinski definition) is 4. The molecule has 180 valence electrons. The van der Waals surface area contributed by atoms with Crippen molar-refractivity contribution in [2.45, 2.75) is 0 Å². The van der Waals surface area contributed by atoms with Gasteiger partial charge in [0.1, 0.15) is 11.5 Å². The third-order valence-electron chi connectivity index (χ3n) is 5.01. The van der Waals surface area contributed by atoms with Crippen LogP contribution in [-0.2, 0) is 0 Å². The maximum Gasteiger partial charge on any atom is 0.197 e. The Balaban J connectivity index is 1.49. The van der Waals surface area contributed by atoms with Gasteiger partial charge < -0.3 is 20.8 Å². The summed E-state index contributed by atoms with van der Waals surface area (Å²) in [6.45, 7) is 0. The Labute approximate surface area is 227 Å². The summed E-state index contributed by atoms with van der Waals surface area (Å²) in [5, 5.41) is 28.2. The molecule has 0 radical (unpaired) electrons. The third kappa shape index (κ3) is 6.35. The van der Waals surface area contributed by atoms with E-state index in [4.69, 9.17) is 47.6 Å². The Morgan fingerprint density at radius 1 is 0.667 bits per heavy atom. The molecule has 0 fully saturated rings. The van der Waals surface area contributed by atoms with Crippen LogP contribution in [0.5, 0.6) is 11.5 Å². The zero-order valence-electron chi connectivity index (χ0n) is 18.4. The van der Waals surface area contributed by atoms with Gasteiger partial charge in [0.25, 0.3) is 0 Å². The van der Waals surface area contributed by atoms with E-state index < -0.39 is 0 Å². The lowest BCUT2D eigenvalue weighted by atomic mass is 10.1. The molecular weight excluding hydrogens is 535 g/mol. The van der Waals surface area contributed by atoms with Crippen molar-refractivity contribution in [2.24, 2.45) is 9.98 Å². The first-order valence-electron chi connectivity index (χ1n) is 10.5. The van der Waals surface area contributed by atoms with Gasteiger partial charge in [-0.15, -0.1) is 0 Å². The fraction of sp³-hybridized carbons (Fsp3) is 0. The van der Waals surface area contributed by atoms with Crippen molar-refractivity contribution in [1.29, 1.82) is 0 Å². The number of rotatable bonds is 4. The number of phenols is 2. The van der Waals surface area contributed by atoms with Gasteiger partial charge in [-0.05, 0) is 84.1 Å². The van der Waals surface area contributed by atoms with Gasteiger partial charge in [0.15, 0.2) is 10.2 Å². The molecule has 0 bridgehead atoms. The summed E-state index contributed by atoms with van der Waals surface area (Å²) in [5.74, 6) is 0.00854. The average Bonchev–Trinajstić information content (AvgIpc) is 2.86. The number of halogens is 2. The predicted octanol–water partition coefficient (Wildman–Crippen LogP) is 7.19. The molecule has 0 heterocycles. The first-order valence-corrected chi connectivity index (χ1v) is 12.1. The molecule has 0 saturated heterocycles. The van der Waals surface area contributed by atoms with Crippen molar-refractivity contribution < 1.29 is 10.2 Å². The molecule has 0 spiro atoms. The molecule has 0 aliphatic carbocycles. The molecule has 0 saturated carbocycles. The number of fused-ring (bicyclic) bond motifs is 1. The van der Waals surface area contributed by atoms with Gasteiger partial charge in [0, 0.05) is 34.6 Å². The van der Waals surface area contributed by atoms with E-state index in [9.17, 15) is 10.2 Å². The zero-order chi connectivity index (χ0) is 25.7. The molecule has 4 aromatic carbocycles. The number of nitrogens with zero attached hydrogens (tertiary/aromatic N) is 2. The molecule has 0 unspecified atom stereocenters. The smallest absolute Gasteiger partial charge is 0.197 e. The Kier molecular flexibility index (Phi) is 8.12. The highest BCUT2D eigenvalue weighted by Crippen LogP contribution is 2.30. The Bertz CT molecular complexity index is 1430. The maximum absolute atomic E-state index is 9.55. The molecule has 6 nitrogen and oxygen atoms in total. The van der Waals surface area contributed by atoms with Crippen LogP contribution in [-0.4, -0.2) is 32.9 Å². The lowest BCUT2D eigenvalue weighted by molar-refractivity contribution is 0.475. The highest BCUT2D eigenvalue weighted by molar-refractivity contribution is 7.80. The van der Waals surface area contributed by atoms with Gasteiger partial charge in [0.2, 0.25) is 0 Å². The Morgan fingerprint density at radius 2 is 1.08 bits per heavy atom. The fourth-order valence-electron chi connectivity index (χ4n) is 3.30. The molecule has 4 aromatic rings. The van der Waals surface area contributed by atoms with Gasteiger partial charge in [-0.25, -0.2) is 9.98 Å². The van der Waals surface area contributed by atoms with E-state index in [1.165, 1.54) is 12.1 Å². The molecular formula is C26H18Cl2N4O2S2. The number of anilines is 2. The van der Waals surface area contributed by atoms with Gasteiger partial charge in [-0.3, -0.25) is 0 Å². The van der Waals surface area contributed by atoms with E-state index in [2.05, 4.69) is 20.6 Å². The second-order valence-corrected chi connectivity index (χ2v) is 9.09. The van der Waals surface area contributed by atoms with Crippen molar-refractivity contribution in [2.75, 3.05) is 10.6 Å². The molecule has 4 N–H and O–H groups in total. The van der Waals surface area contributed by atoms with Crippen LogP contribution < -0.4 is 10.6 Å². The number of aliphatic imine (C=N–C) groups is 2. The zero-order valence-corrected chi connectivity index (χ0v) is 21.6. The lowest BCUT2D eigenvalue weighted by Gasteiger charge is -2.12. The maximum atomic E-state index is 9.55. The van der Waals surface area contributed by atoms with Crippen LogP contribution in [0.15, 0.2) is 82.8 Å². The molecule has 0 atom stereocenters. The minimum Gasteiger partial charge on any atom is -0.506 e. The van der Waals surface area contributed by atoms with Gasteiger partial charge in [-0.2, -0.15) is 0 Å². The van der Waals surface area contributed by atoms with Crippen LogP contribution in [0.4, 0.5) is 11.4 Å². The molecule has 0 aliphatic heterocycles. The summed E-state index contributed by atoms with van der Waals surface area (Å²) < 4.78 is 0. The van der Waals surface area contributed by atoms with Gasteiger partial charge in [0.05, 0.1) is 10.0 Å². The molecule has 4 rings (SSSR count). The van der Waals surface area contributed by atoms with Crippen molar-refractivity contribution >= 4 is 92.4 Å². The predicted molar refractivity (Wildman–Crippen MR) is 158 cm³/mol. The average molecular weight is 553 g/mol. The van der Waals surface area contributed by atoms with Gasteiger partial charge in [-0.1, -0.05) is 47.5 Å². The topological polar surface area (TPSA) is 89.2 Å². The number of thiocarbonyl (C=S) groups is 2. The normalized spacial score (nSPS) is 11.3. The fourth-order valence-corrected chi connectivity index (χ4v) is 4.00.